The summed E-state index contributed by atoms with van der Waals surface area (Å²) in [5, 5.41) is 8.65. The Morgan fingerprint density at radius 2 is 2.29 bits per heavy atom. The number of nitrogens with zero attached hydrogens (tertiary/aromatic N) is 1. The summed E-state index contributed by atoms with van der Waals surface area (Å²) in [6, 6.07) is 5.97. The first-order chi connectivity index (χ1) is 13.5. The molecule has 2 amide bonds. The van der Waals surface area contributed by atoms with Crippen molar-refractivity contribution < 1.29 is 13.9 Å². The smallest absolute Gasteiger partial charge is 0.319 e. The summed E-state index contributed by atoms with van der Waals surface area (Å²) in [5.74, 6) is 0.107. The van der Waals surface area contributed by atoms with Gasteiger partial charge in [0.2, 0.25) is 0 Å². The van der Waals surface area contributed by atoms with E-state index in [2.05, 4.69) is 10.6 Å². The van der Waals surface area contributed by atoms with E-state index in [1.807, 2.05) is 18.4 Å². The van der Waals surface area contributed by atoms with Gasteiger partial charge in [-0.1, -0.05) is 0 Å². The van der Waals surface area contributed by atoms with E-state index in [9.17, 15) is 9.18 Å². The lowest BCUT2D eigenvalue weighted by Crippen LogP contribution is -2.37. The lowest BCUT2D eigenvalue weighted by atomic mass is 10.1. The maximum Gasteiger partial charge on any atom is 0.319 e. The highest BCUT2D eigenvalue weighted by Gasteiger charge is 2.27. The fourth-order valence-electron chi connectivity index (χ4n) is 3.61. The molecule has 0 radical (unpaired) electrons. The number of hydrogen-bond donors (Lipinski definition) is 3. The van der Waals surface area contributed by atoms with Crippen molar-refractivity contribution in [2.75, 3.05) is 18.4 Å². The summed E-state index contributed by atoms with van der Waals surface area (Å²) in [4.78, 5) is 14.5. The molecule has 1 saturated heterocycles. The third kappa shape index (κ3) is 3.70. The van der Waals surface area contributed by atoms with Crippen molar-refractivity contribution in [3.8, 4) is 5.75 Å². The van der Waals surface area contributed by atoms with Crippen LogP contribution >= 0.6 is 11.3 Å². The number of carbonyl (C=O) groups is 1. The van der Waals surface area contributed by atoms with Gasteiger partial charge < -0.3 is 21.1 Å². The van der Waals surface area contributed by atoms with E-state index in [0.717, 1.165) is 47.8 Å². The molecule has 2 aromatic rings. The van der Waals surface area contributed by atoms with Crippen LogP contribution < -0.4 is 21.1 Å². The Kier molecular flexibility index (Phi) is 5.23. The van der Waals surface area contributed by atoms with E-state index >= 15 is 0 Å². The molecular weight excluding hydrogens is 379 g/mol. The lowest BCUT2D eigenvalue weighted by Gasteiger charge is -2.30. The van der Waals surface area contributed by atoms with Crippen molar-refractivity contribution in [1.82, 2.24) is 10.2 Å². The Bertz CT molecular complexity index is 921. The normalized spacial score (nSPS) is 19.4. The number of urea groups is 1. The van der Waals surface area contributed by atoms with Crippen molar-refractivity contribution in [3.05, 3.63) is 51.6 Å². The van der Waals surface area contributed by atoms with E-state index in [-0.39, 0.29) is 11.9 Å². The molecular formula is C20H23FN4O2S. The summed E-state index contributed by atoms with van der Waals surface area (Å²) in [7, 11) is 0. The van der Waals surface area contributed by atoms with Gasteiger partial charge in [-0.25, -0.2) is 9.18 Å². The average Bonchev–Trinajstić information content (AvgIpc) is 3.14. The van der Waals surface area contributed by atoms with Crippen molar-refractivity contribution in [1.29, 1.82) is 0 Å². The molecule has 2 aliphatic heterocycles. The van der Waals surface area contributed by atoms with Crippen LogP contribution in [0.25, 0.3) is 5.70 Å². The molecule has 0 aliphatic carbocycles. The fourth-order valence-corrected chi connectivity index (χ4v) is 4.48. The first kappa shape index (κ1) is 18.8. The largest absolute Gasteiger partial charge is 0.487 e. The molecule has 1 atom stereocenters. The highest BCUT2D eigenvalue weighted by atomic mass is 32.1. The standard InChI is InChI=1S/C20H23FN4O2S/c1-12-19(15-6-8-28-18(15)11-25(12)20(22)26)24-16-5-4-13(21)9-17(16)27-14-3-2-7-23-10-14/h4-6,8-9,14,23-24H,2-3,7,10-11H2,1H3,(H2,22,26)/t14-/m0/s1. The van der Waals surface area contributed by atoms with Crippen LogP contribution in [0.3, 0.4) is 0 Å². The van der Waals surface area contributed by atoms with Gasteiger partial charge >= 0.3 is 6.03 Å². The Balaban J connectivity index is 1.67. The van der Waals surface area contributed by atoms with E-state index in [0.29, 0.717) is 18.0 Å². The number of piperidine rings is 1. The number of thiophene rings is 1. The van der Waals surface area contributed by atoms with Crippen LogP contribution in [0.15, 0.2) is 35.3 Å². The Morgan fingerprint density at radius 1 is 1.43 bits per heavy atom. The molecule has 4 rings (SSSR count). The van der Waals surface area contributed by atoms with E-state index in [4.69, 9.17) is 10.5 Å². The number of carbonyl (C=O) groups excluding carboxylic acids is 1. The lowest BCUT2D eigenvalue weighted by molar-refractivity contribution is 0.167. The second-order valence-corrected chi connectivity index (χ2v) is 7.99. The number of benzene rings is 1. The molecule has 148 valence electrons. The fraction of sp³-hybridized carbons (Fsp3) is 0.350. The predicted molar refractivity (Wildman–Crippen MR) is 109 cm³/mol. The highest BCUT2D eigenvalue weighted by Crippen LogP contribution is 2.37. The van der Waals surface area contributed by atoms with Crippen molar-refractivity contribution in [3.63, 3.8) is 0 Å². The molecule has 0 unspecified atom stereocenters. The van der Waals surface area contributed by atoms with Crippen LogP contribution in [0.1, 0.15) is 30.2 Å². The molecule has 28 heavy (non-hydrogen) atoms. The number of amides is 2. The topological polar surface area (TPSA) is 79.6 Å². The number of hydrogen-bond acceptors (Lipinski definition) is 5. The number of halogens is 1. The Hall–Kier alpha value is -2.58. The molecule has 3 heterocycles. The van der Waals surface area contributed by atoms with Crippen molar-refractivity contribution in [2.24, 2.45) is 5.73 Å². The number of primary amides is 1. The summed E-state index contributed by atoms with van der Waals surface area (Å²) in [5.41, 5.74) is 8.75. The van der Waals surface area contributed by atoms with Gasteiger partial charge in [0.1, 0.15) is 17.7 Å². The van der Waals surface area contributed by atoms with Crippen LogP contribution in [-0.2, 0) is 6.54 Å². The molecule has 1 fully saturated rings. The van der Waals surface area contributed by atoms with Crippen LogP contribution in [0, 0.1) is 5.82 Å². The zero-order chi connectivity index (χ0) is 19.7. The third-order valence-corrected chi connectivity index (χ3v) is 6.00. The summed E-state index contributed by atoms with van der Waals surface area (Å²) < 4.78 is 20.0. The molecule has 1 aromatic carbocycles. The number of anilines is 1. The maximum atomic E-state index is 13.9. The molecule has 0 saturated carbocycles. The zero-order valence-electron chi connectivity index (χ0n) is 15.6. The van der Waals surface area contributed by atoms with Gasteiger partial charge in [0.15, 0.2) is 0 Å². The summed E-state index contributed by atoms with van der Waals surface area (Å²) in [6.07, 6.45) is 1.95. The maximum absolute atomic E-state index is 13.9. The first-order valence-corrected chi connectivity index (χ1v) is 10.2. The van der Waals surface area contributed by atoms with E-state index in [1.165, 1.54) is 17.0 Å². The van der Waals surface area contributed by atoms with Crippen LogP contribution in [0.2, 0.25) is 0 Å². The molecule has 0 spiro atoms. The second-order valence-electron chi connectivity index (χ2n) is 6.99. The highest BCUT2D eigenvalue weighted by molar-refractivity contribution is 7.10. The van der Waals surface area contributed by atoms with Gasteiger partial charge in [-0.05, 0) is 49.9 Å². The predicted octanol–water partition coefficient (Wildman–Crippen LogP) is 3.71. The molecule has 8 heteroatoms. The number of nitrogens with one attached hydrogen (secondary N) is 2. The van der Waals surface area contributed by atoms with Crippen molar-refractivity contribution >= 4 is 28.8 Å². The second kappa shape index (κ2) is 7.81. The SMILES string of the molecule is CC1=C(Nc2ccc(F)cc2O[C@H]2CCCNC2)c2ccsc2CN1C(N)=O. The van der Waals surface area contributed by atoms with Crippen LogP contribution in [-0.4, -0.2) is 30.1 Å². The zero-order valence-corrected chi connectivity index (χ0v) is 16.4. The Labute approximate surface area is 167 Å². The molecule has 4 N–H and O–H groups in total. The molecule has 1 aromatic heterocycles. The third-order valence-electron chi connectivity index (χ3n) is 5.10. The number of fused-ring (bicyclic) bond motifs is 1. The monoisotopic (exact) mass is 402 g/mol. The summed E-state index contributed by atoms with van der Waals surface area (Å²) in [6.45, 7) is 4.02. The number of nitrogens with two attached hydrogens (primary N) is 1. The van der Waals surface area contributed by atoms with Crippen molar-refractivity contribution in [2.45, 2.75) is 32.4 Å². The summed E-state index contributed by atoms with van der Waals surface area (Å²) >= 11 is 1.57. The number of rotatable bonds is 4. The minimum atomic E-state index is -0.500. The minimum absolute atomic E-state index is 0.00337. The average molecular weight is 402 g/mol. The van der Waals surface area contributed by atoms with E-state index < -0.39 is 6.03 Å². The quantitative estimate of drug-likeness (QED) is 0.728. The van der Waals surface area contributed by atoms with Gasteiger partial charge in [0.25, 0.3) is 0 Å². The molecule has 2 aliphatic rings. The van der Waals surface area contributed by atoms with Gasteiger partial charge in [0.05, 0.1) is 17.9 Å². The van der Waals surface area contributed by atoms with Gasteiger partial charge in [-0.2, -0.15) is 0 Å². The van der Waals surface area contributed by atoms with E-state index in [1.54, 1.807) is 17.4 Å². The number of ether oxygens (including phenoxy) is 1. The van der Waals surface area contributed by atoms with Gasteiger partial charge in [-0.3, -0.25) is 4.90 Å². The number of allylic oxidation sites excluding steroid dienone is 1. The molecule has 0 bridgehead atoms. The Morgan fingerprint density at radius 3 is 3.04 bits per heavy atom. The van der Waals surface area contributed by atoms with Gasteiger partial charge in [-0.15, -0.1) is 11.3 Å². The van der Waals surface area contributed by atoms with Crippen LogP contribution in [0.5, 0.6) is 5.75 Å². The first-order valence-electron chi connectivity index (χ1n) is 9.31. The van der Waals surface area contributed by atoms with Crippen LogP contribution in [0.4, 0.5) is 14.9 Å². The minimum Gasteiger partial charge on any atom is -0.487 e. The molecule has 6 nitrogen and oxygen atoms in total. The van der Waals surface area contributed by atoms with Gasteiger partial charge in [0, 0.05) is 28.7 Å².